The lowest BCUT2D eigenvalue weighted by Gasteiger charge is -2.03. The van der Waals surface area contributed by atoms with Gasteiger partial charge in [0.1, 0.15) is 12.9 Å². The van der Waals surface area contributed by atoms with Crippen LogP contribution in [0.5, 0.6) is 0 Å². The van der Waals surface area contributed by atoms with Gasteiger partial charge in [-0.2, -0.15) is 0 Å². The molecule has 2 aromatic rings. The predicted octanol–water partition coefficient (Wildman–Crippen LogP) is -0.116. The summed E-state index contributed by atoms with van der Waals surface area (Å²) in [7, 11) is 1.90. The van der Waals surface area contributed by atoms with Gasteiger partial charge in [-0.3, -0.25) is 0 Å². The van der Waals surface area contributed by atoms with Crippen LogP contribution < -0.4 is 21.5 Å². The maximum absolute atomic E-state index is 13.7. The SMILES string of the molecule is CCc1cccc(-c2c[n+](C)ccc2F)c1.[Br-]. The fourth-order valence-electron chi connectivity index (χ4n) is 1.75. The standard InChI is InChI=1S/C14H15FN.BrH/c1-3-11-5-4-6-12(9-11)13-10-16(2)8-7-14(13)15;/h4-10H,3H2,1-2H3;1H/q+1;/p-1. The van der Waals surface area contributed by atoms with Crippen molar-refractivity contribution in [3.63, 3.8) is 0 Å². The fourth-order valence-corrected chi connectivity index (χ4v) is 1.75. The van der Waals surface area contributed by atoms with Gasteiger partial charge in [-0.15, -0.1) is 0 Å². The molecule has 0 aliphatic heterocycles. The largest absolute Gasteiger partial charge is 1.00 e. The predicted molar refractivity (Wildman–Crippen MR) is 62.4 cm³/mol. The van der Waals surface area contributed by atoms with E-state index < -0.39 is 0 Å². The van der Waals surface area contributed by atoms with E-state index in [0.29, 0.717) is 5.56 Å². The third-order valence-corrected chi connectivity index (χ3v) is 2.69. The minimum atomic E-state index is -0.175. The molecule has 2 rings (SSSR count). The Morgan fingerprint density at radius 2 is 2.00 bits per heavy atom. The quantitative estimate of drug-likeness (QED) is 0.681. The van der Waals surface area contributed by atoms with Crippen LogP contribution in [-0.2, 0) is 13.5 Å². The molecule has 0 aliphatic rings. The van der Waals surface area contributed by atoms with Crippen molar-refractivity contribution in [2.45, 2.75) is 13.3 Å². The van der Waals surface area contributed by atoms with Crippen molar-refractivity contribution in [2.24, 2.45) is 7.05 Å². The van der Waals surface area contributed by atoms with Crippen LogP contribution in [0.2, 0.25) is 0 Å². The van der Waals surface area contributed by atoms with Crippen molar-refractivity contribution in [3.8, 4) is 11.1 Å². The summed E-state index contributed by atoms with van der Waals surface area (Å²) in [4.78, 5) is 0. The molecule has 0 atom stereocenters. The van der Waals surface area contributed by atoms with E-state index in [2.05, 4.69) is 13.0 Å². The van der Waals surface area contributed by atoms with Crippen LogP contribution in [0.25, 0.3) is 11.1 Å². The highest BCUT2D eigenvalue weighted by molar-refractivity contribution is 5.63. The molecule has 0 unspecified atom stereocenters. The Morgan fingerprint density at radius 3 is 2.71 bits per heavy atom. The molecule has 17 heavy (non-hydrogen) atoms. The Labute approximate surface area is 112 Å². The molecule has 0 fully saturated rings. The first kappa shape index (κ1) is 13.8. The van der Waals surface area contributed by atoms with Crippen molar-refractivity contribution >= 4 is 0 Å². The zero-order valence-corrected chi connectivity index (χ0v) is 11.5. The van der Waals surface area contributed by atoms with Gasteiger partial charge in [0.2, 0.25) is 0 Å². The third-order valence-electron chi connectivity index (χ3n) is 2.69. The molecule has 1 aromatic heterocycles. The van der Waals surface area contributed by atoms with Crippen molar-refractivity contribution in [2.75, 3.05) is 0 Å². The second-order valence-corrected chi connectivity index (χ2v) is 3.93. The van der Waals surface area contributed by atoms with Crippen LogP contribution in [0.15, 0.2) is 42.7 Å². The topological polar surface area (TPSA) is 3.88 Å². The Bertz CT molecular complexity index is 511. The summed E-state index contributed by atoms with van der Waals surface area (Å²) in [6.07, 6.45) is 4.49. The summed E-state index contributed by atoms with van der Waals surface area (Å²) in [6, 6.07) is 9.51. The zero-order valence-electron chi connectivity index (χ0n) is 9.95. The highest BCUT2D eigenvalue weighted by atomic mass is 79.9. The van der Waals surface area contributed by atoms with Gasteiger partial charge in [0.25, 0.3) is 0 Å². The Balaban J connectivity index is 0.00000144. The maximum atomic E-state index is 13.7. The molecule has 0 spiro atoms. The normalized spacial score (nSPS) is 9.82. The van der Waals surface area contributed by atoms with Gasteiger partial charge in [0.15, 0.2) is 12.4 Å². The molecule has 0 aliphatic carbocycles. The van der Waals surface area contributed by atoms with Gasteiger partial charge in [0, 0.05) is 6.07 Å². The van der Waals surface area contributed by atoms with Crippen LogP contribution in [0.3, 0.4) is 0 Å². The molecule has 0 bridgehead atoms. The van der Waals surface area contributed by atoms with Crippen LogP contribution in [0.4, 0.5) is 4.39 Å². The van der Waals surface area contributed by atoms with E-state index in [4.69, 9.17) is 0 Å². The van der Waals surface area contributed by atoms with E-state index in [1.165, 1.54) is 11.6 Å². The molecule has 1 nitrogen and oxygen atoms in total. The molecular formula is C14H15BrFN. The van der Waals surface area contributed by atoms with Gasteiger partial charge < -0.3 is 17.0 Å². The van der Waals surface area contributed by atoms with E-state index in [1.807, 2.05) is 36.0 Å². The summed E-state index contributed by atoms with van der Waals surface area (Å²) >= 11 is 0. The monoisotopic (exact) mass is 295 g/mol. The number of rotatable bonds is 2. The summed E-state index contributed by atoms with van der Waals surface area (Å²) in [5.41, 5.74) is 2.82. The number of nitrogens with zero attached hydrogens (tertiary/aromatic N) is 1. The zero-order chi connectivity index (χ0) is 11.5. The summed E-state index contributed by atoms with van der Waals surface area (Å²) < 4.78 is 15.5. The highest BCUT2D eigenvalue weighted by Crippen LogP contribution is 2.22. The number of hydrogen-bond acceptors (Lipinski definition) is 0. The number of aryl methyl sites for hydroxylation is 2. The molecule has 0 saturated carbocycles. The minimum Gasteiger partial charge on any atom is -1.00 e. The summed E-state index contributed by atoms with van der Waals surface area (Å²) in [6.45, 7) is 2.10. The summed E-state index contributed by atoms with van der Waals surface area (Å²) in [5.74, 6) is -0.175. The number of halogens is 2. The lowest BCUT2D eigenvalue weighted by atomic mass is 10.0. The number of aromatic nitrogens is 1. The Hall–Kier alpha value is -1.22. The highest BCUT2D eigenvalue weighted by Gasteiger charge is 2.09. The fraction of sp³-hybridized carbons (Fsp3) is 0.214. The lowest BCUT2D eigenvalue weighted by molar-refractivity contribution is -0.671. The Kier molecular flexibility index (Phi) is 4.82. The molecule has 90 valence electrons. The van der Waals surface area contributed by atoms with Crippen molar-refractivity contribution < 1.29 is 25.9 Å². The second kappa shape index (κ2) is 5.92. The smallest absolute Gasteiger partial charge is 0.179 e. The lowest BCUT2D eigenvalue weighted by Crippen LogP contribution is -3.00. The van der Waals surface area contributed by atoms with E-state index in [1.54, 1.807) is 6.20 Å². The molecule has 3 heteroatoms. The van der Waals surface area contributed by atoms with E-state index in [0.717, 1.165) is 12.0 Å². The second-order valence-electron chi connectivity index (χ2n) is 3.93. The number of hydrogen-bond donors (Lipinski definition) is 0. The minimum absolute atomic E-state index is 0. The van der Waals surface area contributed by atoms with Crippen molar-refractivity contribution in [3.05, 3.63) is 54.1 Å². The third kappa shape index (κ3) is 3.13. The van der Waals surface area contributed by atoms with Crippen molar-refractivity contribution in [1.82, 2.24) is 0 Å². The average molecular weight is 296 g/mol. The Morgan fingerprint density at radius 1 is 1.24 bits per heavy atom. The first-order valence-corrected chi connectivity index (χ1v) is 5.45. The maximum Gasteiger partial charge on any atom is 0.179 e. The van der Waals surface area contributed by atoms with Crippen molar-refractivity contribution in [1.29, 1.82) is 0 Å². The molecule has 1 aromatic carbocycles. The van der Waals surface area contributed by atoms with E-state index in [-0.39, 0.29) is 22.8 Å². The first-order valence-electron chi connectivity index (χ1n) is 5.45. The van der Waals surface area contributed by atoms with Gasteiger partial charge in [-0.25, -0.2) is 8.96 Å². The van der Waals surface area contributed by atoms with Crippen LogP contribution in [0.1, 0.15) is 12.5 Å². The van der Waals surface area contributed by atoms with Gasteiger partial charge in [0.05, 0.1) is 5.56 Å². The van der Waals surface area contributed by atoms with Gasteiger partial charge >= 0.3 is 0 Å². The van der Waals surface area contributed by atoms with Gasteiger partial charge in [-0.05, 0) is 17.5 Å². The molecule has 0 N–H and O–H groups in total. The summed E-state index contributed by atoms with van der Waals surface area (Å²) in [5, 5.41) is 0. The number of benzene rings is 1. The van der Waals surface area contributed by atoms with E-state index >= 15 is 0 Å². The first-order chi connectivity index (χ1) is 7.70. The van der Waals surface area contributed by atoms with Crippen LogP contribution in [-0.4, -0.2) is 0 Å². The van der Waals surface area contributed by atoms with Crippen LogP contribution >= 0.6 is 0 Å². The number of pyridine rings is 1. The average Bonchev–Trinajstić information content (AvgIpc) is 2.32. The van der Waals surface area contributed by atoms with Gasteiger partial charge in [-0.1, -0.05) is 31.2 Å². The van der Waals surface area contributed by atoms with Crippen LogP contribution in [0, 0.1) is 5.82 Å². The van der Waals surface area contributed by atoms with E-state index in [9.17, 15) is 4.39 Å². The molecular weight excluding hydrogens is 281 g/mol. The molecule has 0 amide bonds. The molecule has 0 saturated heterocycles. The molecule has 1 heterocycles. The molecule has 0 radical (unpaired) electrons.